The highest BCUT2D eigenvalue weighted by molar-refractivity contribution is 5.54. The molecular weight excluding hydrogens is 392 g/mol. The second-order valence-corrected chi connectivity index (χ2v) is 7.03. The van der Waals surface area contributed by atoms with Crippen molar-refractivity contribution in [2.75, 3.05) is 13.1 Å². The number of alkyl halides is 3. The van der Waals surface area contributed by atoms with Gasteiger partial charge in [0.15, 0.2) is 5.41 Å². The van der Waals surface area contributed by atoms with Crippen molar-refractivity contribution in [3.05, 3.63) is 47.6 Å². The first-order valence-electron chi connectivity index (χ1n) is 9.10. The number of nitrogens with zero attached hydrogens (tertiary/aromatic N) is 5. The first-order valence-corrected chi connectivity index (χ1v) is 9.10. The maximum atomic E-state index is 14.1. The van der Waals surface area contributed by atoms with Crippen LogP contribution in [0.15, 0.2) is 28.8 Å². The summed E-state index contributed by atoms with van der Waals surface area (Å²) in [5, 5.41) is 10.4. The van der Waals surface area contributed by atoms with Gasteiger partial charge >= 0.3 is 6.18 Å². The smallest absolute Gasteiger partial charge is 0.338 e. The van der Waals surface area contributed by atoms with Crippen LogP contribution in [0, 0.1) is 5.82 Å². The second-order valence-electron chi connectivity index (χ2n) is 7.03. The Kier molecular flexibility index (Phi) is 4.85. The van der Waals surface area contributed by atoms with Gasteiger partial charge in [-0.05, 0) is 18.6 Å². The van der Waals surface area contributed by atoms with Crippen LogP contribution < -0.4 is 0 Å². The molecule has 1 N–H and O–H groups in total. The number of H-pyrrole nitrogens is 1. The number of benzene rings is 1. The van der Waals surface area contributed by atoms with Crippen molar-refractivity contribution in [2.24, 2.45) is 0 Å². The lowest BCUT2D eigenvalue weighted by atomic mass is 9.86. The van der Waals surface area contributed by atoms with E-state index in [1.807, 2.05) is 6.92 Å². The largest absolute Gasteiger partial charge is 0.404 e. The number of hydrogen-bond acceptors (Lipinski definition) is 6. The van der Waals surface area contributed by atoms with E-state index in [-0.39, 0.29) is 37.4 Å². The Hall–Kier alpha value is -2.82. The molecule has 3 aromatic rings. The minimum atomic E-state index is -4.59. The van der Waals surface area contributed by atoms with Gasteiger partial charge in [-0.2, -0.15) is 23.3 Å². The molecule has 4 rings (SSSR count). The van der Waals surface area contributed by atoms with E-state index in [0.717, 1.165) is 6.07 Å². The monoisotopic (exact) mass is 410 g/mol. The van der Waals surface area contributed by atoms with Gasteiger partial charge in [0.05, 0.1) is 6.54 Å². The van der Waals surface area contributed by atoms with Crippen LogP contribution in [0.25, 0.3) is 11.4 Å². The number of halogens is 4. The third kappa shape index (κ3) is 3.61. The molecule has 154 valence electrons. The number of aryl methyl sites for hydroxylation is 1. The molecule has 1 aliphatic rings. The molecular formula is C18H18F4N6O. The number of likely N-dealkylation sites (tertiary alicyclic amines) is 1. The number of nitrogens with one attached hydrogen (secondary N) is 1. The fraction of sp³-hybridized carbons (Fsp3) is 0.444. The fourth-order valence-corrected chi connectivity index (χ4v) is 3.49. The van der Waals surface area contributed by atoms with Gasteiger partial charge < -0.3 is 4.52 Å². The van der Waals surface area contributed by atoms with E-state index in [1.54, 1.807) is 4.90 Å². The summed E-state index contributed by atoms with van der Waals surface area (Å²) in [6.45, 7) is 1.93. The lowest BCUT2D eigenvalue weighted by molar-refractivity contribution is -0.193. The summed E-state index contributed by atoms with van der Waals surface area (Å²) in [6, 6.07) is 5.31. The summed E-state index contributed by atoms with van der Waals surface area (Å²) in [7, 11) is 0. The molecule has 1 aliphatic heterocycles. The van der Waals surface area contributed by atoms with Crippen LogP contribution in [0.4, 0.5) is 17.6 Å². The fourth-order valence-electron chi connectivity index (χ4n) is 3.49. The highest BCUT2D eigenvalue weighted by Gasteiger charge is 2.62. The van der Waals surface area contributed by atoms with Crippen molar-refractivity contribution < 1.29 is 22.1 Å². The van der Waals surface area contributed by atoms with Crippen LogP contribution in [0.2, 0.25) is 0 Å². The molecule has 1 unspecified atom stereocenters. The summed E-state index contributed by atoms with van der Waals surface area (Å²) in [5.74, 6) is -0.0170. The van der Waals surface area contributed by atoms with Crippen LogP contribution in [0.1, 0.15) is 30.9 Å². The predicted octanol–water partition coefficient (Wildman–Crippen LogP) is 3.26. The lowest BCUT2D eigenvalue weighted by Gasteiger charge is -2.27. The van der Waals surface area contributed by atoms with Crippen LogP contribution in [0.5, 0.6) is 0 Å². The van der Waals surface area contributed by atoms with Crippen LogP contribution in [-0.4, -0.2) is 49.5 Å². The van der Waals surface area contributed by atoms with Crippen molar-refractivity contribution in [3.8, 4) is 11.4 Å². The summed E-state index contributed by atoms with van der Waals surface area (Å²) in [5.41, 5.74) is -2.04. The maximum absolute atomic E-state index is 14.1. The van der Waals surface area contributed by atoms with E-state index in [0.29, 0.717) is 18.1 Å². The van der Waals surface area contributed by atoms with E-state index in [2.05, 4.69) is 25.3 Å². The average molecular weight is 410 g/mol. The first-order chi connectivity index (χ1) is 13.8. The quantitative estimate of drug-likeness (QED) is 0.650. The van der Waals surface area contributed by atoms with E-state index in [4.69, 9.17) is 4.52 Å². The molecule has 0 amide bonds. The summed E-state index contributed by atoms with van der Waals surface area (Å²) < 4.78 is 60.7. The number of aromatic nitrogens is 5. The van der Waals surface area contributed by atoms with E-state index < -0.39 is 23.3 Å². The third-order valence-electron chi connectivity index (χ3n) is 5.08. The molecule has 1 fully saturated rings. The van der Waals surface area contributed by atoms with Crippen LogP contribution in [-0.2, 0) is 18.4 Å². The molecule has 1 saturated heterocycles. The van der Waals surface area contributed by atoms with Gasteiger partial charge in [0.1, 0.15) is 17.5 Å². The predicted molar refractivity (Wildman–Crippen MR) is 93.1 cm³/mol. The highest BCUT2D eigenvalue weighted by Crippen LogP contribution is 2.47. The molecule has 29 heavy (non-hydrogen) atoms. The van der Waals surface area contributed by atoms with Gasteiger partial charge in [0.2, 0.25) is 11.7 Å². The molecule has 1 aromatic carbocycles. The third-order valence-corrected chi connectivity index (χ3v) is 5.08. The zero-order valence-corrected chi connectivity index (χ0v) is 15.5. The topological polar surface area (TPSA) is 83.7 Å². The zero-order valence-electron chi connectivity index (χ0n) is 15.5. The molecule has 3 heterocycles. The van der Waals surface area contributed by atoms with Crippen LogP contribution >= 0.6 is 0 Å². The average Bonchev–Trinajstić information content (AvgIpc) is 3.41. The minimum absolute atomic E-state index is 0.0793. The van der Waals surface area contributed by atoms with Crippen LogP contribution in [0.3, 0.4) is 0 Å². The maximum Gasteiger partial charge on any atom is 0.404 e. The summed E-state index contributed by atoms with van der Waals surface area (Å²) in [6.07, 6.45) is -4.19. The number of rotatable bonds is 5. The minimum Gasteiger partial charge on any atom is -0.338 e. The Labute approximate surface area is 163 Å². The SMILES string of the molecule is CCc1n[nH]c(CN2CCC(c3nc(-c4cccc(F)c4)no3)(C(F)(F)F)C2)n1. The van der Waals surface area contributed by atoms with Gasteiger partial charge in [-0.3, -0.25) is 10.00 Å². The van der Waals surface area contributed by atoms with E-state index in [1.165, 1.54) is 18.2 Å². The Morgan fingerprint density at radius 1 is 1.28 bits per heavy atom. The van der Waals surface area contributed by atoms with E-state index >= 15 is 0 Å². The Morgan fingerprint density at radius 2 is 2.10 bits per heavy atom. The van der Waals surface area contributed by atoms with Crippen molar-refractivity contribution in [1.82, 2.24) is 30.2 Å². The molecule has 0 spiro atoms. The Morgan fingerprint density at radius 3 is 2.79 bits per heavy atom. The Balaban J connectivity index is 1.60. The normalized spacial score (nSPS) is 20.4. The van der Waals surface area contributed by atoms with Gasteiger partial charge in [-0.1, -0.05) is 24.2 Å². The zero-order chi connectivity index (χ0) is 20.6. The molecule has 7 nitrogen and oxygen atoms in total. The van der Waals surface area contributed by atoms with Crippen molar-refractivity contribution >= 4 is 0 Å². The molecule has 0 radical (unpaired) electrons. The molecule has 1 atom stereocenters. The standard InChI is InChI=1S/C18H18F4N6O/c1-2-13-23-14(26-25-13)9-28-7-6-17(10-28,18(20,21)22)16-24-15(27-29-16)11-4-3-5-12(19)8-11/h3-5,8H,2,6-7,9-10H2,1H3,(H,23,25,26). The van der Waals surface area contributed by atoms with Crippen molar-refractivity contribution in [2.45, 2.75) is 37.9 Å². The lowest BCUT2D eigenvalue weighted by Crippen LogP contribution is -2.45. The summed E-state index contributed by atoms with van der Waals surface area (Å²) >= 11 is 0. The second kappa shape index (κ2) is 7.21. The molecule has 11 heteroatoms. The Bertz CT molecular complexity index is 1000. The van der Waals surface area contributed by atoms with Crippen molar-refractivity contribution in [1.29, 1.82) is 0 Å². The van der Waals surface area contributed by atoms with Gasteiger partial charge in [0.25, 0.3) is 0 Å². The van der Waals surface area contributed by atoms with Gasteiger partial charge in [-0.15, -0.1) is 0 Å². The molecule has 2 aromatic heterocycles. The van der Waals surface area contributed by atoms with Gasteiger partial charge in [0, 0.05) is 25.1 Å². The highest BCUT2D eigenvalue weighted by atomic mass is 19.4. The number of hydrogen-bond donors (Lipinski definition) is 1. The molecule has 0 saturated carbocycles. The van der Waals surface area contributed by atoms with E-state index in [9.17, 15) is 17.6 Å². The molecule has 0 bridgehead atoms. The van der Waals surface area contributed by atoms with Gasteiger partial charge in [-0.25, -0.2) is 9.37 Å². The molecule has 0 aliphatic carbocycles. The van der Waals surface area contributed by atoms with Crippen molar-refractivity contribution in [3.63, 3.8) is 0 Å². The first kappa shape index (κ1) is 19.5. The summed E-state index contributed by atoms with van der Waals surface area (Å²) in [4.78, 5) is 9.85. The number of aromatic amines is 1.